The third-order valence-corrected chi connectivity index (χ3v) is 2.03. The van der Waals surface area contributed by atoms with Crippen LogP contribution >= 0.6 is 11.8 Å². The van der Waals surface area contributed by atoms with Crippen LogP contribution in [0, 0.1) is 0 Å². The Hall–Kier alpha value is -0.550. The molecule has 0 bridgehead atoms. The van der Waals surface area contributed by atoms with Crippen LogP contribution < -0.4 is 0 Å². The Balaban J connectivity index is 3.67. The number of carbonyl (C=O) groups excluding carboxylic acids is 1. The first-order valence-electron chi connectivity index (χ1n) is 3.44. The van der Waals surface area contributed by atoms with Crippen molar-refractivity contribution >= 4 is 22.8 Å². The van der Waals surface area contributed by atoms with Gasteiger partial charge < -0.3 is 9.84 Å². The number of Topliss-reactive ketones (excluding diaryl/α,β-unsaturated/α-hetero) is 1. The first-order valence-corrected chi connectivity index (χ1v) is 4.42. The Kier molecular flexibility index (Phi) is 5.74. The molecule has 12 heavy (non-hydrogen) atoms. The average Bonchev–Trinajstić information content (AvgIpc) is 1.97. The summed E-state index contributed by atoms with van der Waals surface area (Å²) in [5, 5.41) is 7.37. The summed E-state index contributed by atoms with van der Waals surface area (Å²) in [6, 6.07) is 0. The van der Waals surface area contributed by atoms with Crippen LogP contribution in [0.15, 0.2) is 0 Å². The van der Waals surface area contributed by atoms with Gasteiger partial charge >= 0.3 is 5.30 Å². The van der Waals surface area contributed by atoms with Crippen molar-refractivity contribution in [2.45, 2.75) is 19.4 Å². The van der Waals surface area contributed by atoms with Crippen LogP contribution in [-0.4, -0.2) is 35.2 Å². The van der Waals surface area contributed by atoms with Crippen LogP contribution in [0.2, 0.25) is 0 Å². The van der Waals surface area contributed by atoms with Crippen LogP contribution in [0.4, 0.5) is 4.79 Å². The number of ketones is 1. The fourth-order valence-electron chi connectivity index (χ4n) is 0.695. The smallest absolute Gasteiger partial charge is 0.364 e. The van der Waals surface area contributed by atoms with Gasteiger partial charge in [-0.25, -0.2) is 4.79 Å². The van der Waals surface area contributed by atoms with E-state index in [1.54, 1.807) is 0 Å². The SMILES string of the molecule is COC(CSC(=O)O)CC(C)=O. The summed E-state index contributed by atoms with van der Waals surface area (Å²) in [6.45, 7) is 1.46. The Morgan fingerprint density at radius 3 is 2.50 bits per heavy atom. The number of rotatable bonds is 5. The van der Waals surface area contributed by atoms with E-state index in [2.05, 4.69) is 0 Å². The van der Waals surface area contributed by atoms with Gasteiger partial charge in [-0.15, -0.1) is 0 Å². The number of thioether (sulfide) groups is 1. The molecule has 70 valence electrons. The first kappa shape index (κ1) is 11.4. The molecule has 0 radical (unpaired) electrons. The third kappa shape index (κ3) is 6.18. The van der Waals surface area contributed by atoms with Gasteiger partial charge in [-0.05, 0) is 18.7 Å². The van der Waals surface area contributed by atoms with Gasteiger partial charge in [0.25, 0.3) is 0 Å². The van der Waals surface area contributed by atoms with Gasteiger partial charge in [0.1, 0.15) is 5.78 Å². The molecule has 0 rings (SSSR count). The molecule has 0 spiro atoms. The molecule has 0 saturated heterocycles. The largest absolute Gasteiger partial charge is 0.473 e. The molecule has 0 aromatic heterocycles. The van der Waals surface area contributed by atoms with E-state index < -0.39 is 5.30 Å². The van der Waals surface area contributed by atoms with Crippen LogP contribution in [0.5, 0.6) is 0 Å². The summed E-state index contributed by atoms with van der Waals surface area (Å²) in [4.78, 5) is 20.7. The van der Waals surface area contributed by atoms with Gasteiger partial charge in [0.2, 0.25) is 0 Å². The van der Waals surface area contributed by atoms with E-state index in [-0.39, 0.29) is 18.3 Å². The minimum atomic E-state index is -0.944. The Bertz CT molecular complexity index is 169. The Labute approximate surface area is 75.3 Å². The zero-order valence-corrected chi connectivity index (χ0v) is 7.89. The Morgan fingerprint density at radius 2 is 2.17 bits per heavy atom. The van der Waals surface area contributed by atoms with E-state index >= 15 is 0 Å². The summed E-state index contributed by atoms with van der Waals surface area (Å²) in [5.74, 6) is 0.318. The van der Waals surface area contributed by atoms with Gasteiger partial charge in [-0.1, -0.05) is 0 Å². The molecular weight excluding hydrogens is 180 g/mol. The fourth-order valence-corrected chi connectivity index (χ4v) is 1.28. The lowest BCUT2D eigenvalue weighted by atomic mass is 10.2. The second-order valence-electron chi connectivity index (χ2n) is 2.34. The van der Waals surface area contributed by atoms with E-state index in [0.29, 0.717) is 5.75 Å². The van der Waals surface area contributed by atoms with Crippen molar-refractivity contribution in [2.75, 3.05) is 12.9 Å². The number of carboxylic acid groups (broad SMARTS) is 1. The van der Waals surface area contributed by atoms with E-state index in [0.717, 1.165) is 11.8 Å². The predicted molar refractivity (Wildman–Crippen MR) is 46.6 cm³/mol. The quantitative estimate of drug-likeness (QED) is 0.713. The standard InChI is InChI=1S/C7H12O4S/c1-5(8)3-6(11-2)4-12-7(9)10/h6H,3-4H2,1-2H3,(H,9,10). The molecule has 0 amide bonds. The zero-order valence-electron chi connectivity index (χ0n) is 7.07. The molecule has 5 heteroatoms. The molecule has 0 heterocycles. The molecule has 0 fully saturated rings. The van der Waals surface area contributed by atoms with Crippen LogP contribution in [0.3, 0.4) is 0 Å². The molecular formula is C7H12O4S. The number of methoxy groups -OCH3 is 1. The maximum absolute atomic E-state index is 10.6. The van der Waals surface area contributed by atoms with Crippen LogP contribution in [0.1, 0.15) is 13.3 Å². The lowest BCUT2D eigenvalue weighted by molar-refractivity contribution is -0.119. The number of hydrogen-bond donors (Lipinski definition) is 1. The highest BCUT2D eigenvalue weighted by Gasteiger charge is 2.12. The van der Waals surface area contributed by atoms with E-state index in [9.17, 15) is 9.59 Å². The van der Waals surface area contributed by atoms with Crippen molar-refractivity contribution in [1.29, 1.82) is 0 Å². The van der Waals surface area contributed by atoms with Crippen molar-refractivity contribution in [3.63, 3.8) is 0 Å². The zero-order chi connectivity index (χ0) is 9.56. The van der Waals surface area contributed by atoms with Gasteiger partial charge in [0, 0.05) is 19.3 Å². The first-order chi connectivity index (χ1) is 5.56. The van der Waals surface area contributed by atoms with Crippen molar-refractivity contribution in [1.82, 2.24) is 0 Å². The van der Waals surface area contributed by atoms with Crippen molar-refractivity contribution in [3.05, 3.63) is 0 Å². The van der Waals surface area contributed by atoms with E-state index in [1.165, 1.54) is 14.0 Å². The minimum absolute atomic E-state index is 0.00726. The van der Waals surface area contributed by atoms with Crippen molar-refractivity contribution in [2.24, 2.45) is 0 Å². The normalized spacial score (nSPS) is 12.5. The average molecular weight is 192 g/mol. The molecule has 4 nitrogen and oxygen atoms in total. The van der Waals surface area contributed by atoms with Crippen molar-refractivity contribution < 1.29 is 19.4 Å². The lowest BCUT2D eigenvalue weighted by Crippen LogP contribution is -2.18. The molecule has 1 atom stereocenters. The minimum Gasteiger partial charge on any atom is -0.473 e. The fraction of sp³-hybridized carbons (Fsp3) is 0.714. The van der Waals surface area contributed by atoms with Gasteiger partial charge in [0.05, 0.1) is 6.10 Å². The second kappa shape index (κ2) is 6.02. The van der Waals surface area contributed by atoms with Gasteiger partial charge in [-0.3, -0.25) is 4.79 Å². The molecule has 1 N–H and O–H groups in total. The summed E-state index contributed by atoms with van der Waals surface area (Å²) >= 11 is 0.745. The highest BCUT2D eigenvalue weighted by molar-refractivity contribution is 8.13. The molecule has 0 aliphatic carbocycles. The maximum Gasteiger partial charge on any atom is 0.364 e. The molecule has 0 aromatic rings. The van der Waals surface area contributed by atoms with Crippen molar-refractivity contribution in [3.8, 4) is 0 Å². The molecule has 0 aliphatic heterocycles. The third-order valence-electron chi connectivity index (χ3n) is 1.24. The van der Waals surface area contributed by atoms with Gasteiger partial charge in [0.15, 0.2) is 0 Å². The molecule has 0 aromatic carbocycles. The molecule has 0 aliphatic rings. The number of carbonyl (C=O) groups is 2. The van der Waals surface area contributed by atoms with Gasteiger partial charge in [-0.2, -0.15) is 0 Å². The lowest BCUT2D eigenvalue weighted by Gasteiger charge is -2.10. The topological polar surface area (TPSA) is 63.6 Å². The Morgan fingerprint density at radius 1 is 1.58 bits per heavy atom. The second-order valence-corrected chi connectivity index (χ2v) is 3.31. The highest BCUT2D eigenvalue weighted by atomic mass is 32.2. The molecule has 1 unspecified atom stereocenters. The summed E-state index contributed by atoms with van der Waals surface area (Å²) in [5.41, 5.74) is 0. The highest BCUT2D eigenvalue weighted by Crippen LogP contribution is 2.09. The van der Waals surface area contributed by atoms with Crippen LogP contribution in [0.25, 0.3) is 0 Å². The maximum atomic E-state index is 10.6. The van der Waals surface area contributed by atoms with E-state index in [4.69, 9.17) is 9.84 Å². The molecule has 0 saturated carbocycles. The number of hydrogen-bond acceptors (Lipinski definition) is 4. The summed E-state index contributed by atoms with van der Waals surface area (Å²) in [6.07, 6.45) is -0.0138. The summed E-state index contributed by atoms with van der Waals surface area (Å²) < 4.78 is 4.91. The predicted octanol–water partition coefficient (Wildman–Crippen LogP) is 1.39. The number of ether oxygens (including phenoxy) is 1. The van der Waals surface area contributed by atoms with E-state index in [1.807, 2.05) is 0 Å². The monoisotopic (exact) mass is 192 g/mol. The summed E-state index contributed by atoms with van der Waals surface area (Å²) in [7, 11) is 1.47. The van der Waals surface area contributed by atoms with Crippen LogP contribution in [-0.2, 0) is 9.53 Å².